The van der Waals surface area contributed by atoms with Crippen LogP contribution in [0, 0.1) is 5.41 Å². The van der Waals surface area contributed by atoms with E-state index in [1.165, 1.54) is 25.7 Å². The van der Waals surface area contributed by atoms with Crippen LogP contribution in [0.25, 0.3) is 0 Å². The Bertz CT molecular complexity index is 375. The van der Waals surface area contributed by atoms with Crippen molar-refractivity contribution in [3.8, 4) is 0 Å². The minimum atomic E-state index is -0.470. The van der Waals surface area contributed by atoms with Gasteiger partial charge in [0.1, 0.15) is 12.4 Å². The van der Waals surface area contributed by atoms with Gasteiger partial charge < -0.3 is 19.6 Å². The molecule has 20 heavy (non-hydrogen) atoms. The lowest BCUT2D eigenvalue weighted by Gasteiger charge is -2.39. The smallest absolute Gasteiger partial charge is 0.129 e. The van der Waals surface area contributed by atoms with Gasteiger partial charge in [0.2, 0.25) is 0 Å². The number of ether oxygens (including phenoxy) is 1. The number of rotatable bonds is 7. The van der Waals surface area contributed by atoms with Crippen molar-refractivity contribution in [3.63, 3.8) is 0 Å². The molecule has 1 aliphatic rings. The molecular weight excluding hydrogens is 254 g/mol. The zero-order valence-corrected chi connectivity index (χ0v) is 12.6. The quantitative estimate of drug-likeness (QED) is 0.807. The highest BCUT2D eigenvalue weighted by molar-refractivity contribution is 4.96. The first-order valence-corrected chi connectivity index (χ1v) is 7.59. The molecule has 0 bridgehead atoms. The van der Waals surface area contributed by atoms with Gasteiger partial charge in [-0.25, -0.2) is 0 Å². The Morgan fingerprint density at radius 1 is 1.50 bits per heavy atom. The third-order valence-electron chi connectivity index (χ3n) is 4.24. The van der Waals surface area contributed by atoms with Gasteiger partial charge in [-0.2, -0.15) is 0 Å². The highest BCUT2D eigenvalue weighted by Crippen LogP contribution is 2.35. The summed E-state index contributed by atoms with van der Waals surface area (Å²) in [6, 6.07) is 4.20. The third kappa shape index (κ3) is 4.62. The van der Waals surface area contributed by atoms with E-state index in [9.17, 15) is 5.11 Å². The predicted molar refractivity (Wildman–Crippen MR) is 78.4 cm³/mol. The number of aliphatic hydroxyl groups excluding tert-OH is 1. The Hall–Kier alpha value is -0.840. The fourth-order valence-corrected chi connectivity index (χ4v) is 2.90. The lowest BCUT2D eigenvalue weighted by Crippen LogP contribution is -2.47. The van der Waals surface area contributed by atoms with Crippen LogP contribution in [0.15, 0.2) is 22.8 Å². The van der Waals surface area contributed by atoms with Crippen LogP contribution < -0.4 is 5.32 Å². The zero-order chi connectivity index (χ0) is 14.4. The molecule has 0 radical (unpaired) electrons. The van der Waals surface area contributed by atoms with Crippen molar-refractivity contribution < 1.29 is 14.3 Å². The average Bonchev–Trinajstić information content (AvgIpc) is 2.90. The van der Waals surface area contributed by atoms with Gasteiger partial charge in [0.25, 0.3) is 0 Å². The third-order valence-corrected chi connectivity index (χ3v) is 4.24. The van der Waals surface area contributed by atoms with Gasteiger partial charge in [0.05, 0.1) is 19.0 Å². The highest BCUT2D eigenvalue weighted by Gasteiger charge is 2.31. The Labute approximate surface area is 121 Å². The van der Waals surface area contributed by atoms with Gasteiger partial charge in [-0.1, -0.05) is 26.7 Å². The Balaban J connectivity index is 1.63. The SMILES string of the molecule is CC1(C)CCCCC1NCC(O)COCc1ccco1. The van der Waals surface area contributed by atoms with E-state index in [-0.39, 0.29) is 0 Å². The van der Waals surface area contributed by atoms with E-state index in [0.29, 0.717) is 31.2 Å². The van der Waals surface area contributed by atoms with Gasteiger partial charge >= 0.3 is 0 Å². The van der Waals surface area contributed by atoms with E-state index in [2.05, 4.69) is 19.2 Å². The van der Waals surface area contributed by atoms with E-state index < -0.39 is 6.10 Å². The maximum atomic E-state index is 9.96. The van der Waals surface area contributed by atoms with Crippen molar-refractivity contribution in [1.29, 1.82) is 0 Å². The molecule has 2 N–H and O–H groups in total. The molecule has 0 saturated heterocycles. The van der Waals surface area contributed by atoms with Gasteiger partial charge in [0, 0.05) is 12.6 Å². The number of hydrogen-bond donors (Lipinski definition) is 2. The van der Waals surface area contributed by atoms with Crippen molar-refractivity contribution in [1.82, 2.24) is 5.32 Å². The minimum Gasteiger partial charge on any atom is -0.467 e. The van der Waals surface area contributed by atoms with Gasteiger partial charge in [-0.3, -0.25) is 0 Å². The molecule has 0 amide bonds. The standard InChI is InChI=1S/C16H27NO3/c1-16(2)8-4-3-7-15(16)17-10-13(18)11-19-12-14-6-5-9-20-14/h5-6,9,13,15,17-18H,3-4,7-8,10-12H2,1-2H3. The van der Waals surface area contributed by atoms with Gasteiger partial charge in [-0.05, 0) is 30.4 Å². The van der Waals surface area contributed by atoms with E-state index in [1.807, 2.05) is 12.1 Å². The van der Waals surface area contributed by atoms with Gasteiger partial charge in [-0.15, -0.1) is 0 Å². The first-order chi connectivity index (χ1) is 9.58. The fourth-order valence-electron chi connectivity index (χ4n) is 2.90. The van der Waals surface area contributed by atoms with E-state index >= 15 is 0 Å². The summed E-state index contributed by atoms with van der Waals surface area (Å²) in [7, 11) is 0. The summed E-state index contributed by atoms with van der Waals surface area (Å²) < 4.78 is 10.6. The van der Waals surface area contributed by atoms with Crippen LogP contribution in [-0.2, 0) is 11.3 Å². The Morgan fingerprint density at radius 3 is 3.05 bits per heavy atom. The monoisotopic (exact) mass is 281 g/mol. The summed E-state index contributed by atoms with van der Waals surface area (Å²) in [6.45, 7) is 5.96. The van der Waals surface area contributed by atoms with Crippen molar-refractivity contribution in [2.45, 2.75) is 58.3 Å². The van der Waals surface area contributed by atoms with Crippen LogP contribution >= 0.6 is 0 Å². The highest BCUT2D eigenvalue weighted by atomic mass is 16.5. The normalized spacial score (nSPS) is 23.6. The van der Waals surface area contributed by atoms with Crippen LogP contribution in [0.2, 0.25) is 0 Å². The topological polar surface area (TPSA) is 54.6 Å². The van der Waals surface area contributed by atoms with Crippen LogP contribution in [0.1, 0.15) is 45.3 Å². The molecule has 4 heteroatoms. The molecule has 1 heterocycles. The number of aliphatic hydroxyl groups is 1. The second kappa shape index (κ2) is 7.25. The summed E-state index contributed by atoms with van der Waals surface area (Å²) in [5.41, 5.74) is 0.326. The molecule has 1 aromatic heterocycles. The van der Waals surface area contributed by atoms with E-state index in [1.54, 1.807) is 6.26 Å². The van der Waals surface area contributed by atoms with Crippen molar-refractivity contribution in [2.75, 3.05) is 13.2 Å². The molecule has 0 spiro atoms. The van der Waals surface area contributed by atoms with Crippen LogP contribution in [0.4, 0.5) is 0 Å². The van der Waals surface area contributed by atoms with Crippen molar-refractivity contribution in [3.05, 3.63) is 24.2 Å². The first-order valence-electron chi connectivity index (χ1n) is 7.59. The van der Waals surface area contributed by atoms with E-state index in [0.717, 1.165) is 5.76 Å². The molecule has 2 atom stereocenters. The second-order valence-electron chi connectivity index (χ2n) is 6.44. The molecule has 0 aliphatic heterocycles. The molecule has 114 valence electrons. The lowest BCUT2D eigenvalue weighted by molar-refractivity contribution is 0.0177. The molecule has 1 saturated carbocycles. The van der Waals surface area contributed by atoms with E-state index in [4.69, 9.17) is 9.15 Å². The fraction of sp³-hybridized carbons (Fsp3) is 0.750. The minimum absolute atomic E-state index is 0.326. The first kappa shape index (κ1) is 15.5. The summed E-state index contributed by atoms with van der Waals surface area (Å²) in [5, 5.41) is 13.5. The molecule has 1 fully saturated rings. The maximum absolute atomic E-state index is 9.96. The molecule has 1 aromatic rings. The largest absolute Gasteiger partial charge is 0.467 e. The number of nitrogens with one attached hydrogen (secondary N) is 1. The average molecular weight is 281 g/mol. The second-order valence-corrected chi connectivity index (χ2v) is 6.44. The number of furan rings is 1. The van der Waals surface area contributed by atoms with Crippen molar-refractivity contribution in [2.24, 2.45) is 5.41 Å². The molecule has 2 unspecified atom stereocenters. The Kier molecular flexibility index (Phi) is 5.64. The van der Waals surface area contributed by atoms with Crippen molar-refractivity contribution >= 4 is 0 Å². The van der Waals surface area contributed by atoms with Gasteiger partial charge in [0.15, 0.2) is 0 Å². The zero-order valence-electron chi connectivity index (χ0n) is 12.6. The predicted octanol–water partition coefficient (Wildman–Crippen LogP) is 2.72. The summed E-state index contributed by atoms with van der Waals surface area (Å²) >= 11 is 0. The summed E-state index contributed by atoms with van der Waals surface area (Å²) in [5.74, 6) is 0.790. The maximum Gasteiger partial charge on any atom is 0.129 e. The summed E-state index contributed by atoms with van der Waals surface area (Å²) in [6.07, 6.45) is 6.22. The van der Waals surface area contributed by atoms with Crippen LogP contribution in [0.3, 0.4) is 0 Å². The molecular formula is C16H27NO3. The molecule has 2 rings (SSSR count). The Morgan fingerprint density at radius 2 is 2.35 bits per heavy atom. The molecule has 4 nitrogen and oxygen atoms in total. The molecule has 0 aromatic carbocycles. The van der Waals surface area contributed by atoms with Crippen LogP contribution in [-0.4, -0.2) is 30.4 Å². The number of hydrogen-bond acceptors (Lipinski definition) is 4. The van der Waals surface area contributed by atoms with Crippen LogP contribution in [0.5, 0.6) is 0 Å². The summed E-state index contributed by atoms with van der Waals surface area (Å²) in [4.78, 5) is 0. The molecule has 1 aliphatic carbocycles. The lowest BCUT2D eigenvalue weighted by atomic mass is 9.73.